The van der Waals surface area contributed by atoms with E-state index in [0.29, 0.717) is 0 Å². The van der Waals surface area contributed by atoms with Gasteiger partial charge in [-0.2, -0.15) is 0 Å². The van der Waals surface area contributed by atoms with Gasteiger partial charge in [-0.1, -0.05) is 55.5 Å². The van der Waals surface area contributed by atoms with Gasteiger partial charge in [0.25, 0.3) is 0 Å². The summed E-state index contributed by atoms with van der Waals surface area (Å²) < 4.78 is 0. The second-order valence-electron chi connectivity index (χ2n) is 10.5. The Morgan fingerprint density at radius 3 is 1.69 bits per heavy atom. The summed E-state index contributed by atoms with van der Waals surface area (Å²) in [5.41, 5.74) is 1.51. The molecule has 1 heteroatoms. The van der Waals surface area contributed by atoms with Crippen molar-refractivity contribution in [3.8, 4) is 0 Å². The summed E-state index contributed by atoms with van der Waals surface area (Å²) in [7, 11) is 0. The SMILES string of the molecule is C=C[C@H]1CC[C@H]([C@H]2CC[C@H](CC[C@H]3CC[C@H](c4ccc(Cl)cc4)CC3)CC2)CC1. The fourth-order valence-corrected chi connectivity index (χ4v) is 6.92. The van der Waals surface area contributed by atoms with Gasteiger partial charge >= 0.3 is 0 Å². The average Bonchev–Trinajstić information content (AvgIpc) is 2.79. The first-order valence-electron chi connectivity index (χ1n) is 12.6. The number of allylic oxidation sites excluding steroid dienone is 1. The molecule has 0 aromatic heterocycles. The van der Waals surface area contributed by atoms with Crippen LogP contribution in [0.1, 0.15) is 101 Å². The van der Waals surface area contributed by atoms with E-state index in [1.165, 1.54) is 95.5 Å². The summed E-state index contributed by atoms with van der Waals surface area (Å²) >= 11 is 6.05. The Morgan fingerprint density at radius 1 is 0.690 bits per heavy atom. The van der Waals surface area contributed by atoms with E-state index in [0.717, 1.165) is 40.5 Å². The molecular formula is C28H41Cl. The minimum absolute atomic E-state index is 0.773. The molecule has 0 heterocycles. The van der Waals surface area contributed by atoms with Crippen LogP contribution in [0.25, 0.3) is 0 Å². The molecule has 0 N–H and O–H groups in total. The molecule has 0 amide bonds. The van der Waals surface area contributed by atoms with E-state index in [-0.39, 0.29) is 0 Å². The van der Waals surface area contributed by atoms with Gasteiger partial charge in [0.05, 0.1) is 0 Å². The van der Waals surface area contributed by atoms with Crippen molar-refractivity contribution in [2.45, 2.75) is 95.8 Å². The second-order valence-corrected chi connectivity index (χ2v) is 11.0. The molecular weight excluding hydrogens is 372 g/mol. The van der Waals surface area contributed by atoms with Gasteiger partial charge in [0.15, 0.2) is 0 Å². The highest BCUT2D eigenvalue weighted by molar-refractivity contribution is 6.30. The summed E-state index contributed by atoms with van der Waals surface area (Å²) in [4.78, 5) is 0. The molecule has 3 fully saturated rings. The second kappa shape index (κ2) is 10.5. The molecule has 3 saturated carbocycles. The van der Waals surface area contributed by atoms with E-state index in [1.54, 1.807) is 0 Å². The summed E-state index contributed by atoms with van der Waals surface area (Å²) in [5.74, 6) is 5.70. The van der Waals surface area contributed by atoms with Crippen molar-refractivity contribution in [3.05, 3.63) is 47.5 Å². The lowest BCUT2D eigenvalue weighted by molar-refractivity contribution is 0.147. The Labute approximate surface area is 184 Å². The van der Waals surface area contributed by atoms with Crippen LogP contribution >= 0.6 is 11.6 Å². The van der Waals surface area contributed by atoms with Crippen molar-refractivity contribution in [2.24, 2.45) is 29.6 Å². The summed E-state index contributed by atoms with van der Waals surface area (Å²) in [6, 6.07) is 8.61. The van der Waals surface area contributed by atoms with Crippen LogP contribution in [-0.4, -0.2) is 0 Å². The van der Waals surface area contributed by atoms with Crippen LogP contribution in [0.5, 0.6) is 0 Å². The van der Waals surface area contributed by atoms with Gasteiger partial charge in [0.2, 0.25) is 0 Å². The summed E-state index contributed by atoms with van der Waals surface area (Å²) in [6.45, 7) is 4.01. The van der Waals surface area contributed by atoms with Crippen molar-refractivity contribution < 1.29 is 0 Å². The predicted molar refractivity (Wildman–Crippen MR) is 126 cm³/mol. The highest BCUT2D eigenvalue weighted by Gasteiger charge is 2.30. The Morgan fingerprint density at radius 2 is 1.17 bits per heavy atom. The van der Waals surface area contributed by atoms with Crippen LogP contribution in [0.4, 0.5) is 0 Å². The van der Waals surface area contributed by atoms with Crippen molar-refractivity contribution in [1.29, 1.82) is 0 Å². The van der Waals surface area contributed by atoms with Crippen molar-refractivity contribution in [2.75, 3.05) is 0 Å². The molecule has 4 rings (SSSR count). The zero-order valence-electron chi connectivity index (χ0n) is 18.3. The molecule has 0 radical (unpaired) electrons. The minimum atomic E-state index is 0.773. The first-order chi connectivity index (χ1) is 14.2. The van der Waals surface area contributed by atoms with E-state index in [9.17, 15) is 0 Å². The fraction of sp³-hybridized carbons (Fsp3) is 0.714. The van der Waals surface area contributed by atoms with Gasteiger partial charge < -0.3 is 0 Å². The Balaban J connectivity index is 1.13. The van der Waals surface area contributed by atoms with Crippen molar-refractivity contribution in [3.63, 3.8) is 0 Å². The van der Waals surface area contributed by atoms with Crippen molar-refractivity contribution in [1.82, 2.24) is 0 Å². The van der Waals surface area contributed by atoms with E-state index >= 15 is 0 Å². The van der Waals surface area contributed by atoms with Crippen LogP contribution in [0.15, 0.2) is 36.9 Å². The molecule has 1 aromatic rings. The molecule has 0 spiro atoms. The lowest BCUT2D eigenvalue weighted by Crippen LogP contribution is -2.25. The number of rotatable bonds is 6. The molecule has 1 aromatic carbocycles. The van der Waals surface area contributed by atoms with E-state index in [1.807, 2.05) is 0 Å². The molecule has 0 unspecified atom stereocenters. The molecule has 0 atom stereocenters. The zero-order valence-corrected chi connectivity index (χ0v) is 19.1. The number of benzene rings is 1. The van der Waals surface area contributed by atoms with Crippen LogP contribution in [-0.2, 0) is 0 Å². The largest absolute Gasteiger partial charge is 0.103 e. The maximum absolute atomic E-state index is 6.05. The molecule has 3 aliphatic rings. The van der Waals surface area contributed by atoms with E-state index < -0.39 is 0 Å². The highest BCUT2D eigenvalue weighted by Crippen LogP contribution is 2.44. The summed E-state index contributed by atoms with van der Waals surface area (Å²) in [6.07, 6.45) is 22.7. The third-order valence-corrected chi connectivity index (χ3v) is 9.13. The topological polar surface area (TPSA) is 0 Å². The average molecular weight is 413 g/mol. The van der Waals surface area contributed by atoms with Gasteiger partial charge in [0, 0.05) is 5.02 Å². The van der Waals surface area contributed by atoms with Gasteiger partial charge in [-0.3, -0.25) is 0 Å². The van der Waals surface area contributed by atoms with E-state index in [4.69, 9.17) is 11.6 Å². The summed E-state index contributed by atoms with van der Waals surface area (Å²) in [5, 5.41) is 0.863. The predicted octanol–water partition coefficient (Wildman–Crippen LogP) is 9.19. The normalized spacial score (nSPS) is 35.9. The van der Waals surface area contributed by atoms with Gasteiger partial charge in [-0.25, -0.2) is 0 Å². The highest BCUT2D eigenvalue weighted by atomic mass is 35.5. The van der Waals surface area contributed by atoms with Crippen LogP contribution in [0.3, 0.4) is 0 Å². The number of hydrogen-bond acceptors (Lipinski definition) is 0. The first-order valence-corrected chi connectivity index (χ1v) is 13.0. The first kappa shape index (κ1) is 21.5. The third kappa shape index (κ3) is 5.90. The van der Waals surface area contributed by atoms with E-state index in [2.05, 4.69) is 36.9 Å². The molecule has 0 saturated heterocycles. The quantitative estimate of drug-likeness (QED) is 0.408. The Bertz CT molecular complexity index is 608. The molecule has 0 aliphatic heterocycles. The lowest BCUT2D eigenvalue weighted by atomic mass is 9.68. The lowest BCUT2D eigenvalue weighted by Gasteiger charge is -2.38. The maximum atomic E-state index is 6.05. The molecule has 29 heavy (non-hydrogen) atoms. The van der Waals surface area contributed by atoms with Gasteiger partial charge in [-0.15, -0.1) is 6.58 Å². The van der Waals surface area contributed by atoms with Crippen LogP contribution < -0.4 is 0 Å². The molecule has 3 aliphatic carbocycles. The Kier molecular flexibility index (Phi) is 7.79. The van der Waals surface area contributed by atoms with Crippen molar-refractivity contribution >= 4 is 11.6 Å². The molecule has 0 bridgehead atoms. The fourth-order valence-electron chi connectivity index (χ4n) is 6.79. The van der Waals surface area contributed by atoms with Gasteiger partial charge in [-0.05, 0) is 117 Å². The van der Waals surface area contributed by atoms with Gasteiger partial charge in [0.1, 0.15) is 0 Å². The molecule has 0 nitrogen and oxygen atoms in total. The Hall–Kier alpha value is -0.750. The zero-order chi connectivity index (χ0) is 20.1. The third-order valence-electron chi connectivity index (χ3n) is 8.88. The smallest absolute Gasteiger partial charge is 0.0406 e. The van der Waals surface area contributed by atoms with Crippen LogP contribution in [0.2, 0.25) is 5.02 Å². The minimum Gasteiger partial charge on any atom is -0.103 e. The molecule has 160 valence electrons. The van der Waals surface area contributed by atoms with Crippen LogP contribution in [0, 0.1) is 29.6 Å². The monoisotopic (exact) mass is 412 g/mol. The standard InChI is InChI=1S/C28H41Cl/c1-2-21-5-11-24(12-6-21)25-13-7-22(8-14-25)3-4-23-9-15-26(16-10-23)27-17-19-28(29)20-18-27/h2,17-26H,1,3-16H2/t21-,22-,23-,24-,25-,26-. The number of halogens is 1. The number of hydrogen-bond donors (Lipinski definition) is 0. The maximum Gasteiger partial charge on any atom is 0.0406 e.